The van der Waals surface area contributed by atoms with E-state index < -0.39 is 8.32 Å². The molecule has 3 heteroatoms. The third-order valence-electron chi connectivity index (χ3n) is 2.68. The van der Waals surface area contributed by atoms with Gasteiger partial charge in [0.25, 0.3) is 14.3 Å². The number of rotatable bonds is 4. The van der Waals surface area contributed by atoms with Crippen LogP contribution in [0.15, 0.2) is 12.0 Å². The predicted molar refractivity (Wildman–Crippen MR) is 63.7 cm³/mol. The van der Waals surface area contributed by atoms with Crippen molar-refractivity contribution < 1.29 is 9.16 Å². The third kappa shape index (κ3) is 3.74. The van der Waals surface area contributed by atoms with Gasteiger partial charge in [-0.3, -0.25) is 0 Å². The summed E-state index contributed by atoms with van der Waals surface area (Å²) in [6.07, 6.45) is 1.89. The second kappa shape index (κ2) is 4.87. The molecular formula is C11H24O2Si. The van der Waals surface area contributed by atoms with Crippen LogP contribution in [0.3, 0.4) is 0 Å². The first kappa shape index (κ1) is 13.6. The lowest BCUT2D eigenvalue weighted by Crippen LogP contribution is -2.40. The minimum absolute atomic E-state index is 0.221. The lowest BCUT2D eigenvalue weighted by atomic mass is 10.2. The minimum atomic E-state index is -1.72. The molecule has 14 heavy (non-hydrogen) atoms. The third-order valence-corrected chi connectivity index (χ3v) is 7.01. The van der Waals surface area contributed by atoms with Gasteiger partial charge in [0.1, 0.15) is 0 Å². The normalized spacial score (nSPS) is 14.1. The molecule has 0 rings (SSSR count). The van der Waals surface area contributed by atoms with Gasteiger partial charge in [0, 0.05) is 0 Å². The topological polar surface area (TPSA) is 18.5 Å². The lowest BCUT2D eigenvalue weighted by molar-refractivity contribution is 0.107. The van der Waals surface area contributed by atoms with Crippen molar-refractivity contribution in [1.82, 2.24) is 0 Å². The van der Waals surface area contributed by atoms with E-state index in [1.807, 2.05) is 19.9 Å². The Hall–Kier alpha value is -0.443. The molecule has 0 heterocycles. The van der Waals surface area contributed by atoms with Crippen molar-refractivity contribution in [3.8, 4) is 0 Å². The van der Waals surface area contributed by atoms with Crippen molar-refractivity contribution in [3.05, 3.63) is 12.0 Å². The van der Waals surface area contributed by atoms with Gasteiger partial charge in [-0.05, 0) is 38.1 Å². The fraction of sp³-hybridized carbons (Fsp3) is 0.818. The highest BCUT2D eigenvalue weighted by Crippen LogP contribution is 2.37. The van der Waals surface area contributed by atoms with Crippen molar-refractivity contribution >= 4 is 8.32 Å². The van der Waals surface area contributed by atoms with E-state index in [-0.39, 0.29) is 5.04 Å². The van der Waals surface area contributed by atoms with Crippen molar-refractivity contribution in [2.24, 2.45) is 0 Å². The van der Waals surface area contributed by atoms with Crippen molar-refractivity contribution in [1.29, 1.82) is 0 Å². The Balaban J connectivity index is 4.49. The van der Waals surface area contributed by atoms with Crippen LogP contribution in [0.2, 0.25) is 18.1 Å². The molecule has 0 fully saturated rings. The molecule has 0 radical (unpaired) electrons. The van der Waals surface area contributed by atoms with Crippen LogP contribution in [0.4, 0.5) is 0 Å². The highest BCUT2D eigenvalue weighted by atomic mass is 28.4. The summed E-state index contributed by atoms with van der Waals surface area (Å²) < 4.78 is 11.4. The summed E-state index contributed by atoms with van der Waals surface area (Å²) in [6.45, 7) is 15.7. The molecule has 0 aliphatic carbocycles. The lowest BCUT2D eigenvalue weighted by Gasteiger charge is -2.36. The van der Waals surface area contributed by atoms with Gasteiger partial charge < -0.3 is 9.16 Å². The Bertz CT molecular complexity index is 202. The quantitative estimate of drug-likeness (QED) is 0.524. The molecule has 0 aromatic rings. The van der Waals surface area contributed by atoms with Crippen LogP contribution in [0.25, 0.3) is 0 Å². The smallest absolute Gasteiger partial charge is 0.260 e. The summed E-state index contributed by atoms with van der Waals surface area (Å²) in [4.78, 5) is 0. The largest absolute Gasteiger partial charge is 0.519 e. The zero-order valence-corrected chi connectivity index (χ0v) is 11.6. The fourth-order valence-electron chi connectivity index (χ4n) is 0.719. The molecule has 0 aliphatic heterocycles. The SMILES string of the molecule is C/C=C(/OCC)O[Si](C)(C)C(C)(C)C. The molecular weight excluding hydrogens is 192 g/mol. The summed E-state index contributed by atoms with van der Waals surface area (Å²) in [5.74, 6) is 0.680. The molecule has 84 valence electrons. The summed E-state index contributed by atoms with van der Waals surface area (Å²) in [5, 5.41) is 0.221. The van der Waals surface area contributed by atoms with Crippen LogP contribution in [-0.4, -0.2) is 14.9 Å². The molecule has 0 saturated heterocycles. The Morgan fingerprint density at radius 1 is 1.29 bits per heavy atom. The summed E-state index contributed by atoms with van der Waals surface area (Å²) in [6, 6.07) is 0. The summed E-state index contributed by atoms with van der Waals surface area (Å²) >= 11 is 0. The van der Waals surface area contributed by atoms with Gasteiger partial charge in [-0.1, -0.05) is 20.8 Å². The molecule has 0 unspecified atom stereocenters. The van der Waals surface area contributed by atoms with E-state index in [1.165, 1.54) is 0 Å². The van der Waals surface area contributed by atoms with Gasteiger partial charge in [-0.2, -0.15) is 0 Å². The van der Waals surface area contributed by atoms with E-state index in [0.29, 0.717) is 12.6 Å². The van der Waals surface area contributed by atoms with Crippen LogP contribution in [0, 0.1) is 0 Å². The van der Waals surface area contributed by atoms with E-state index in [1.54, 1.807) is 0 Å². The van der Waals surface area contributed by atoms with Crippen molar-refractivity contribution in [2.45, 2.75) is 52.8 Å². The number of ether oxygens (including phenoxy) is 1. The van der Waals surface area contributed by atoms with E-state index in [2.05, 4.69) is 33.9 Å². The minimum Gasteiger partial charge on any atom is -0.519 e. The molecule has 0 saturated carbocycles. The predicted octanol–water partition coefficient (Wildman–Crippen LogP) is 3.91. The van der Waals surface area contributed by atoms with Gasteiger partial charge in [-0.15, -0.1) is 0 Å². The van der Waals surface area contributed by atoms with E-state index in [9.17, 15) is 0 Å². The molecule has 0 aromatic heterocycles. The van der Waals surface area contributed by atoms with Gasteiger partial charge in [0.05, 0.1) is 6.61 Å². The summed E-state index contributed by atoms with van der Waals surface area (Å²) in [5.41, 5.74) is 0. The van der Waals surface area contributed by atoms with Gasteiger partial charge >= 0.3 is 0 Å². The monoisotopic (exact) mass is 216 g/mol. The number of hydrogen-bond acceptors (Lipinski definition) is 2. The van der Waals surface area contributed by atoms with Gasteiger partial charge in [-0.25, -0.2) is 0 Å². The average molecular weight is 216 g/mol. The molecule has 0 amide bonds. The maximum absolute atomic E-state index is 5.97. The van der Waals surface area contributed by atoms with Crippen LogP contribution in [0.1, 0.15) is 34.6 Å². The fourth-order valence-corrected chi connectivity index (χ4v) is 1.70. The first-order chi connectivity index (χ1) is 6.24. The van der Waals surface area contributed by atoms with Crippen LogP contribution >= 0.6 is 0 Å². The maximum atomic E-state index is 5.97. The van der Waals surface area contributed by atoms with Crippen molar-refractivity contribution in [3.63, 3.8) is 0 Å². The van der Waals surface area contributed by atoms with Crippen LogP contribution < -0.4 is 0 Å². The second-order valence-corrected chi connectivity index (χ2v) is 9.63. The average Bonchev–Trinajstić information content (AvgIpc) is 2.01. The van der Waals surface area contributed by atoms with Gasteiger partial charge in [0.15, 0.2) is 0 Å². The molecule has 2 nitrogen and oxygen atoms in total. The molecule has 0 atom stereocenters. The molecule has 0 bridgehead atoms. The zero-order chi connectivity index (χ0) is 11.4. The maximum Gasteiger partial charge on any atom is 0.260 e. The molecule has 0 spiro atoms. The molecule has 0 N–H and O–H groups in total. The first-order valence-electron chi connectivity index (χ1n) is 5.22. The van der Waals surface area contributed by atoms with E-state index >= 15 is 0 Å². The Kier molecular flexibility index (Phi) is 4.72. The van der Waals surface area contributed by atoms with Crippen molar-refractivity contribution in [2.75, 3.05) is 6.61 Å². The molecule has 0 aliphatic rings. The highest BCUT2D eigenvalue weighted by Gasteiger charge is 2.39. The van der Waals surface area contributed by atoms with Crippen LogP contribution in [0.5, 0.6) is 0 Å². The number of allylic oxidation sites excluding steroid dienone is 1. The molecule has 0 aromatic carbocycles. The second-order valence-electron chi connectivity index (χ2n) is 4.90. The Morgan fingerprint density at radius 3 is 2.07 bits per heavy atom. The number of hydrogen-bond donors (Lipinski definition) is 0. The Morgan fingerprint density at radius 2 is 1.79 bits per heavy atom. The summed E-state index contributed by atoms with van der Waals surface area (Å²) in [7, 11) is -1.72. The Labute approximate surface area is 89.4 Å². The first-order valence-corrected chi connectivity index (χ1v) is 8.13. The standard InChI is InChI=1S/C11H24O2Si/c1-8-10(12-9-2)13-14(6,7)11(3,4)5/h8H,9H2,1-7H3/b10-8-. The van der Waals surface area contributed by atoms with E-state index in [0.717, 1.165) is 0 Å². The zero-order valence-electron chi connectivity index (χ0n) is 10.6. The highest BCUT2D eigenvalue weighted by molar-refractivity contribution is 6.74. The van der Waals surface area contributed by atoms with E-state index in [4.69, 9.17) is 9.16 Å². The van der Waals surface area contributed by atoms with Gasteiger partial charge in [0.2, 0.25) is 0 Å². The van der Waals surface area contributed by atoms with Crippen LogP contribution in [-0.2, 0) is 9.16 Å².